The molecule has 1 fully saturated rings. The Morgan fingerprint density at radius 2 is 1.78 bits per heavy atom. The summed E-state index contributed by atoms with van der Waals surface area (Å²) in [5.41, 5.74) is -0.453. The number of rotatable bonds is 9. The molecule has 0 bridgehead atoms. The molecular formula is C19H37NO3. The van der Waals surface area contributed by atoms with Gasteiger partial charge in [-0.2, -0.15) is 0 Å². The van der Waals surface area contributed by atoms with Crippen molar-refractivity contribution in [3.8, 4) is 0 Å². The van der Waals surface area contributed by atoms with Crippen molar-refractivity contribution in [3.63, 3.8) is 0 Å². The Kier molecular flexibility index (Phi) is 8.96. The molecule has 4 nitrogen and oxygen atoms in total. The fourth-order valence-electron chi connectivity index (χ4n) is 3.14. The van der Waals surface area contributed by atoms with E-state index in [1.165, 1.54) is 38.5 Å². The van der Waals surface area contributed by atoms with Crippen molar-refractivity contribution in [2.45, 2.75) is 97.2 Å². The molecule has 0 aromatic carbocycles. The number of carbonyl (C=O) groups is 1. The molecule has 2 unspecified atom stereocenters. The minimum Gasteiger partial charge on any atom is -0.444 e. The van der Waals surface area contributed by atoms with Crippen LogP contribution in [0.25, 0.3) is 0 Å². The van der Waals surface area contributed by atoms with Crippen molar-refractivity contribution < 1.29 is 14.6 Å². The number of likely N-dealkylation sites (tertiary alicyclic amines) is 1. The Balaban J connectivity index is 2.16. The fourth-order valence-corrected chi connectivity index (χ4v) is 3.14. The van der Waals surface area contributed by atoms with Crippen molar-refractivity contribution in [1.29, 1.82) is 0 Å². The number of nitrogens with zero attached hydrogens (tertiary/aromatic N) is 1. The first kappa shape index (κ1) is 20.3. The number of amides is 1. The highest BCUT2D eigenvalue weighted by atomic mass is 16.6. The van der Waals surface area contributed by atoms with Crippen LogP contribution in [-0.2, 0) is 4.74 Å². The fraction of sp³-hybridized carbons (Fsp3) is 0.947. The summed E-state index contributed by atoms with van der Waals surface area (Å²) in [6, 6.07) is 0. The average Bonchev–Trinajstić information content (AvgIpc) is 2.94. The minimum absolute atomic E-state index is 0.211. The number of hydrogen-bond donors (Lipinski definition) is 1. The summed E-state index contributed by atoms with van der Waals surface area (Å²) >= 11 is 0. The van der Waals surface area contributed by atoms with Crippen molar-refractivity contribution in [1.82, 2.24) is 4.90 Å². The molecule has 0 aliphatic carbocycles. The molecule has 1 amide bonds. The highest BCUT2D eigenvalue weighted by molar-refractivity contribution is 5.68. The zero-order valence-corrected chi connectivity index (χ0v) is 15.6. The number of hydrogen-bond acceptors (Lipinski definition) is 3. The normalized spacial score (nSPS) is 19.9. The van der Waals surface area contributed by atoms with E-state index in [0.29, 0.717) is 13.1 Å². The summed E-state index contributed by atoms with van der Waals surface area (Å²) in [6.45, 7) is 9.22. The third-order valence-electron chi connectivity index (χ3n) is 4.52. The van der Waals surface area contributed by atoms with Crippen molar-refractivity contribution in [2.24, 2.45) is 5.92 Å². The first-order valence-corrected chi connectivity index (χ1v) is 9.49. The Labute approximate surface area is 142 Å². The lowest BCUT2D eigenvalue weighted by molar-refractivity contribution is 0.0265. The molecule has 1 saturated heterocycles. The molecule has 136 valence electrons. The highest BCUT2D eigenvalue weighted by Gasteiger charge is 2.32. The largest absolute Gasteiger partial charge is 0.444 e. The zero-order chi connectivity index (χ0) is 17.3. The topological polar surface area (TPSA) is 49.8 Å². The van der Waals surface area contributed by atoms with E-state index in [1.807, 2.05) is 20.8 Å². The molecule has 1 rings (SSSR count). The Morgan fingerprint density at radius 3 is 2.39 bits per heavy atom. The van der Waals surface area contributed by atoms with Gasteiger partial charge in [-0.05, 0) is 33.6 Å². The van der Waals surface area contributed by atoms with E-state index in [-0.39, 0.29) is 18.1 Å². The molecule has 23 heavy (non-hydrogen) atoms. The van der Waals surface area contributed by atoms with Crippen LogP contribution in [0.15, 0.2) is 0 Å². The predicted molar refractivity (Wildman–Crippen MR) is 94.5 cm³/mol. The average molecular weight is 328 g/mol. The van der Waals surface area contributed by atoms with Crippen LogP contribution < -0.4 is 0 Å². The number of unbranched alkanes of at least 4 members (excludes halogenated alkanes) is 6. The van der Waals surface area contributed by atoms with Crippen molar-refractivity contribution in [3.05, 3.63) is 0 Å². The van der Waals surface area contributed by atoms with Gasteiger partial charge in [-0.3, -0.25) is 0 Å². The Hall–Kier alpha value is -0.770. The molecule has 0 spiro atoms. The Morgan fingerprint density at radius 1 is 1.17 bits per heavy atom. The second-order valence-electron chi connectivity index (χ2n) is 7.95. The molecule has 0 aromatic heterocycles. The molecule has 0 radical (unpaired) electrons. The van der Waals surface area contributed by atoms with E-state index >= 15 is 0 Å². The smallest absolute Gasteiger partial charge is 0.410 e. The quantitative estimate of drug-likeness (QED) is 0.622. The van der Waals surface area contributed by atoms with Crippen LogP contribution in [0.2, 0.25) is 0 Å². The third kappa shape index (κ3) is 8.59. The van der Waals surface area contributed by atoms with Gasteiger partial charge in [-0.25, -0.2) is 4.79 Å². The van der Waals surface area contributed by atoms with Crippen LogP contribution in [0.5, 0.6) is 0 Å². The van der Waals surface area contributed by atoms with Gasteiger partial charge in [0.05, 0.1) is 6.10 Å². The van der Waals surface area contributed by atoms with Crippen LogP contribution >= 0.6 is 0 Å². The maximum atomic E-state index is 12.0. The second kappa shape index (κ2) is 10.2. The van der Waals surface area contributed by atoms with Crippen molar-refractivity contribution in [2.75, 3.05) is 13.1 Å². The molecule has 1 heterocycles. The van der Waals surface area contributed by atoms with Gasteiger partial charge in [0.1, 0.15) is 5.60 Å². The van der Waals surface area contributed by atoms with Crippen LogP contribution in [0.3, 0.4) is 0 Å². The highest BCUT2D eigenvalue weighted by Crippen LogP contribution is 2.24. The molecule has 0 aromatic rings. The van der Waals surface area contributed by atoms with E-state index in [1.54, 1.807) is 4.90 Å². The SMILES string of the molecule is CCCCCCCCCC(O)C1CCN(C(=O)OC(C)(C)C)C1. The second-order valence-corrected chi connectivity index (χ2v) is 7.95. The van der Waals surface area contributed by atoms with Crippen LogP contribution in [-0.4, -0.2) is 40.9 Å². The van der Waals surface area contributed by atoms with Crippen LogP contribution in [0, 0.1) is 5.92 Å². The van der Waals surface area contributed by atoms with Gasteiger partial charge in [-0.15, -0.1) is 0 Å². The van der Waals surface area contributed by atoms with E-state index in [4.69, 9.17) is 4.74 Å². The van der Waals surface area contributed by atoms with Gasteiger partial charge in [0.2, 0.25) is 0 Å². The van der Waals surface area contributed by atoms with E-state index in [2.05, 4.69) is 6.92 Å². The first-order valence-electron chi connectivity index (χ1n) is 9.49. The van der Waals surface area contributed by atoms with Gasteiger partial charge >= 0.3 is 6.09 Å². The number of ether oxygens (including phenoxy) is 1. The lowest BCUT2D eigenvalue weighted by Gasteiger charge is -2.25. The molecule has 1 aliphatic heterocycles. The van der Waals surface area contributed by atoms with Gasteiger partial charge in [0.25, 0.3) is 0 Å². The van der Waals surface area contributed by atoms with Gasteiger partial charge in [0.15, 0.2) is 0 Å². The van der Waals surface area contributed by atoms with Crippen LogP contribution in [0.1, 0.15) is 85.5 Å². The summed E-state index contributed by atoms with van der Waals surface area (Å²) in [5, 5.41) is 10.3. The number of aliphatic hydroxyl groups excluding tert-OH is 1. The van der Waals surface area contributed by atoms with Crippen molar-refractivity contribution >= 4 is 6.09 Å². The first-order chi connectivity index (χ1) is 10.8. The van der Waals surface area contributed by atoms with E-state index in [0.717, 1.165) is 19.3 Å². The zero-order valence-electron chi connectivity index (χ0n) is 15.6. The number of carbonyl (C=O) groups excluding carboxylic acids is 1. The lowest BCUT2D eigenvalue weighted by Crippen LogP contribution is -2.36. The van der Waals surface area contributed by atoms with Gasteiger partial charge in [-0.1, -0.05) is 51.9 Å². The molecular weight excluding hydrogens is 290 g/mol. The summed E-state index contributed by atoms with van der Waals surface area (Å²) in [5.74, 6) is 0.211. The maximum absolute atomic E-state index is 12.0. The predicted octanol–water partition coefficient (Wildman–Crippen LogP) is 4.75. The van der Waals surface area contributed by atoms with Crippen LogP contribution in [0.4, 0.5) is 4.79 Å². The molecule has 0 saturated carbocycles. The number of aliphatic hydroxyl groups is 1. The Bertz CT molecular complexity index is 338. The maximum Gasteiger partial charge on any atom is 0.410 e. The lowest BCUT2D eigenvalue weighted by atomic mass is 9.96. The molecule has 4 heteroatoms. The molecule has 1 aliphatic rings. The standard InChI is InChI=1S/C19H37NO3/c1-5-6-7-8-9-10-11-12-17(21)16-13-14-20(15-16)18(22)23-19(2,3)4/h16-17,21H,5-15H2,1-4H3. The summed E-state index contributed by atoms with van der Waals surface area (Å²) in [4.78, 5) is 13.8. The third-order valence-corrected chi connectivity index (χ3v) is 4.52. The summed E-state index contributed by atoms with van der Waals surface area (Å²) in [7, 11) is 0. The molecule has 1 N–H and O–H groups in total. The van der Waals surface area contributed by atoms with Gasteiger partial charge in [0, 0.05) is 19.0 Å². The summed E-state index contributed by atoms with van der Waals surface area (Å²) in [6.07, 6.45) is 10.1. The van der Waals surface area contributed by atoms with Gasteiger partial charge < -0.3 is 14.7 Å². The van der Waals surface area contributed by atoms with E-state index < -0.39 is 5.60 Å². The minimum atomic E-state index is -0.453. The monoisotopic (exact) mass is 327 g/mol. The summed E-state index contributed by atoms with van der Waals surface area (Å²) < 4.78 is 5.40. The van der Waals surface area contributed by atoms with E-state index in [9.17, 15) is 9.90 Å². The molecule has 2 atom stereocenters.